The summed E-state index contributed by atoms with van der Waals surface area (Å²) in [6.07, 6.45) is 1.57. The maximum Gasteiger partial charge on any atom is 0.338 e. The van der Waals surface area contributed by atoms with Crippen molar-refractivity contribution in [3.05, 3.63) is 99.1 Å². The summed E-state index contributed by atoms with van der Waals surface area (Å²) in [4.78, 5) is 54.0. The van der Waals surface area contributed by atoms with Crippen LogP contribution in [0.1, 0.15) is 37.9 Å². The van der Waals surface area contributed by atoms with E-state index in [-0.39, 0.29) is 28.1 Å². The third-order valence-corrected chi connectivity index (χ3v) is 6.90. The number of halogens is 1. The number of hydrogen-bond acceptors (Lipinski definition) is 9. The number of allylic oxidation sites excluding steroid dienone is 1. The smallest absolute Gasteiger partial charge is 0.338 e. The van der Waals surface area contributed by atoms with E-state index >= 15 is 0 Å². The van der Waals surface area contributed by atoms with Crippen LogP contribution in [-0.4, -0.2) is 28.0 Å². The van der Waals surface area contributed by atoms with Crippen LogP contribution in [0, 0.1) is 10.1 Å². The Labute approximate surface area is 222 Å². The summed E-state index contributed by atoms with van der Waals surface area (Å²) in [5.74, 6) is -0.919. The first-order valence-corrected chi connectivity index (χ1v) is 12.6. The third kappa shape index (κ3) is 5.30. The summed E-state index contributed by atoms with van der Waals surface area (Å²) in [7, 11) is 0. The molecule has 12 heteroatoms. The van der Waals surface area contributed by atoms with E-state index in [0.717, 1.165) is 11.3 Å². The van der Waals surface area contributed by atoms with Gasteiger partial charge in [-0.1, -0.05) is 39.4 Å². The van der Waals surface area contributed by atoms with E-state index in [1.807, 2.05) is 0 Å². The maximum absolute atomic E-state index is 13.7. The van der Waals surface area contributed by atoms with Crippen molar-refractivity contribution < 1.29 is 24.0 Å². The van der Waals surface area contributed by atoms with Gasteiger partial charge in [-0.05, 0) is 43.7 Å². The fraction of sp³-hybridized carbons (Fsp3) is 0.200. The second-order valence-electron chi connectivity index (χ2n) is 7.93. The van der Waals surface area contributed by atoms with E-state index in [4.69, 9.17) is 9.47 Å². The zero-order valence-electron chi connectivity index (χ0n) is 19.9. The summed E-state index contributed by atoms with van der Waals surface area (Å²) >= 11 is 4.47. The van der Waals surface area contributed by atoms with Crippen molar-refractivity contribution in [1.82, 2.24) is 4.57 Å². The van der Waals surface area contributed by atoms with Crippen molar-refractivity contribution in [3.8, 4) is 5.75 Å². The van der Waals surface area contributed by atoms with Crippen molar-refractivity contribution in [2.75, 3.05) is 6.61 Å². The molecule has 0 N–H and O–H groups in total. The van der Waals surface area contributed by atoms with Crippen LogP contribution in [0.4, 0.5) is 5.69 Å². The van der Waals surface area contributed by atoms with Crippen LogP contribution in [0.25, 0.3) is 6.08 Å². The molecule has 0 aliphatic carbocycles. The highest BCUT2D eigenvalue weighted by Crippen LogP contribution is 2.32. The highest BCUT2D eigenvalue weighted by molar-refractivity contribution is 9.10. The number of ether oxygens (including phenoxy) is 2. The lowest BCUT2D eigenvalue weighted by molar-refractivity contribution is -0.384. The first kappa shape index (κ1) is 26.2. The van der Waals surface area contributed by atoms with Gasteiger partial charge in [-0.3, -0.25) is 24.3 Å². The number of carbonyl (C=O) groups is 2. The van der Waals surface area contributed by atoms with E-state index in [9.17, 15) is 24.5 Å². The van der Waals surface area contributed by atoms with Crippen LogP contribution >= 0.6 is 27.3 Å². The number of thiazole rings is 1. The highest BCUT2D eigenvalue weighted by Gasteiger charge is 2.34. The molecule has 2 heterocycles. The Balaban J connectivity index is 1.98. The molecule has 0 fully saturated rings. The molecule has 2 aromatic carbocycles. The van der Waals surface area contributed by atoms with Gasteiger partial charge in [0.05, 0.1) is 33.4 Å². The van der Waals surface area contributed by atoms with Gasteiger partial charge in [0.25, 0.3) is 11.2 Å². The summed E-state index contributed by atoms with van der Waals surface area (Å²) in [5, 5.41) is 11.4. The van der Waals surface area contributed by atoms with E-state index < -0.39 is 28.5 Å². The SMILES string of the molecule is CCOC(=O)C1=C(C)N=c2s/c(=C\c3cc(Br)ccc3OC(C)=O)c(=O)n2[C@@H]1c1cccc([N+](=O)[O-])c1. The van der Waals surface area contributed by atoms with Crippen LogP contribution in [0.5, 0.6) is 5.75 Å². The Morgan fingerprint density at radius 2 is 2.03 bits per heavy atom. The Hall–Kier alpha value is -3.90. The van der Waals surface area contributed by atoms with Crippen molar-refractivity contribution in [2.45, 2.75) is 26.8 Å². The minimum atomic E-state index is -0.993. The zero-order valence-corrected chi connectivity index (χ0v) is 22.3. The summed E-state index contributed by atoms with van der Waals surface area (Å²) in [5.41, 5.74) is 0.640. The molecule has 0 unspecified atom stereocenters. The number of nitro benzene ring substituents is 1. The first-order valence-electron chi connectivity index (χ1n) is 11.0. The van der Waals surface area contributed by atoms with Crippen LogP contribution in [-0.2, 0) is 14.3 Å². The monoisotopic (exact) mass is 585 g/mol. The number of non-ortho nitro benzene ring substituents is 1. The van der Waals surface area contributed by atoms with Crippen molar-refractivity contribution in [1.29, 1.82) is 0 Å². The molecule has 1 aliphatic rings. The maximum atomic E-state index is 13.7. The normalized spacial score (nSPS) is 15.1. The lowest BCUT2D eigenvalue weighted by Crippen LogP contribution is -2.40. The van der Waals surface area contributed by atoms with Gasteiger partial charge in [-0.15, -0.1) is 0 Å². The number of nitrogens with zero attached hydrogens (tertiary/aromatic N) is 3. The van der Waals surface area contributed by atoms with Crippen LogP contribution < -0.4 is 19.6 Å². The number of nitro groups is 1. The number of benzene rings is 2. The van der Waals surface area contributed by atoms with E-state index in [2.05, 4.69) is 20.9 Å². The molecule has 0 spiro atoms. The number of rotatable bonds is 6. The Morgan fingerprint density at radius 1 is 1.27 bits per heavy atom. The quantitative estimate of drug-likeness (QED) is 0.187. The first-order chi connectivity index (χ1) is 17.6. The van der Waals surface area contributed by atoms with Crippen LogP contribution in [0.2, 0.25) is 0 Å². The summed E-state index contributed by atoms with van der Waals surface area (Å²) in [6, 6.07) is 9.77. The predicted octanol–water partition coefficient (Wildman–Crippen LogP) is 3.39. The van der Waals surface area contributed by atoms with Crippen molar-refractivity contribution in [3.63, 3.8) is 0 Å². The predicted molar refractivity (Wildman–Crippen MR) is 139 cm³/mol. The molecular weight excluding hydrogens is 566 g/mol. The highest BCUT2D eigenvalue weighted by atomic mass is 79.9. The number of esters is 2. The standard InChI is InChI=1S/C25H20BrN3O7S/c1-4-35-24(32)21-13(2)27-25-28(22(21)15-6-5-7-18(11-15)29(33)34)23(31)20(37-25)12-16-10-17(26)8-9-19(16)36-14(3)30/h5-12,22H,4H2,1-3H3/b20-12-/t22-/m1/s1. The Morgan fingerprint density at radius 3 is 2.70 bits per heavy atom. The van der Waals surface area contributed by atoms with E-state index in [1.165, 1.54) is 29.7 Å². The third-order valence-electron chi connectivity index (χ3n) is 5.43. The minimum absolute atomic E-state index is 0.101. The lowest BCUT2D eigenvalue weighted by Gasteiger charge is -2.24. The molecule has 1 atom stereocenters. The molecule has 190 valence electrons. The fourth-order valence-corrected chi connectivity index (χ4v) is 5.35. The molecule has 0 radical (unpaired) electrons. The average molecular weight is 586 g/mol. The Bertz CT molecular complexity index is 1660. The van der Waals surface area contributed by atoms with E-state index in [0.29, 0.717) is 26.1 Å². The van der Waals surface area contributed by atoms with E-state index in [1.54, 1.807) is 44.2 Å². The number of fused-ring (bicyclic) bond motifs is 1. The van der Waals surface area contributed by atoms with Crippen molar-refractivity contribution in [2.24, 2.45) is 4.99 Å². The van der Waals surface area contributed by atoms with Gasteiger partial charge in [-0.25, -0.2) is 9.79 Å². The Kier molecular flexibility index (Phi) is 7.50. The van der Waals surface area contributed by atoms with Gasteiger partial charge < -0.3 is 9.47 Å². The summed E-state index contributed by atoms with van der Waals surface area (Å²) in [6.45, 7) is 4.66. The zero-order chi connectivity index (χ0) is 26.9. The number of hydrogen-bond donors (Lipinski definition) is 0. The molecule has 0 saturated carbocycles. The molecule has 1 aromatic heterocycles. The minimum Gasteiger partial charge on any atom is -0.463 e. The molecule has 0 amide bonds. The molecule has 3 aromatic rings. The molecule has 0 bridgehead atoms. The fourth-order valence-electron chi connectivity index (χ4n) is 3.94. The largest absolute Gasteiger partial charge is 0.463 e. The van der Waals surface area contributed by atoms with Gasteiger partial charge in [0.1, 0.15) is 5.75 Å². The van der Waals surface area contributed by atoms with Gasteiger partial charge in [0.2, 0.25) is 0 Å². The van der Waals surface area contributed by atoms with Gasteiger partial charge in [-0.2, -0.15) is 0 Å². The van der Waals surface area contributed by atoms with Crippen LogP contribution in [0.3, 0.4) is 0 Å². The molecule has 4 rings (SSSR count). The second-order valence-corrected chi connectivity index (χ2v) is 9.85. The topological polar surface area (TPSA) is 130 Å². The van der Waals surface area contributed by atoms with Crippen molar-refractivity contribution >= 4 is 51.0 Å². The van der Waals surface area contributed by atoms with Crippen LogP contribution in [0.15, 0.2) is 68.0 Å². The number of aromatic nitrogens is 1. The van der Waals surface area contributed by atoms with Gasteiger partial charge in [0, 0.05) is 29.1 Å². The van der Waals surface area contributed by atoms with Gasteiger partial charge in [0.15, 0.2) is 4.80 Å². The lowest BCUT2D eigenvalue weighted by atomic mass is 9.95. The number of carbonyl (C=O) groups excluding carboxylic acids is 2. The molecule has 1 aliphatic heterocycles. The molecule has 37 heavy (non-hydrogen) atoms. The summed E-state index contributed by atoms with van der Waals surface area (Å²) < 4.78 is 12.8. The molecular formula is C25H20BrN3O7S. The molecule has 0 saturated heterocycles. The average Bonchev–Trinajstić information content (AvgIpc) is 3.14. The molecule has 10 nitrogen and oxygen atoms in total. The van der Waals surface area contributed by atoms with Gasteiger partial charge >= 0.3 is 11.9 Å². The second kappa shape index (κ2) is 10.6.